The van der Waals surface area contributed by atoms with Gasteiger partial charge in [0, 0.05) is 32.7 Å². The Hall–Kier alpha value is -1.79. The number of halogens is 1. The van der Waals surface area contributed by atoms with Gasteiger partial charge in [-0.1, -0.05) is 18.2 Å². The van der Waals surface area contributed by atoms with Crippen molar-refractivity contribution in [3.8, 4) is 5.75 Å². The van der Waals surface area contributed by atoms with Crippen LogP contribution >= 0.6 is 12.4 Å². The highest BCUT2D eigenvalue weighted by molar-refractivity contribution is 5.85. The van der Waals surface area contributed by atoms with Gasteiger partial charge in [0.05, 0.1) is 5.92 Å². The van der Waals surface area contributed by atoms with Gasteiger partial charge in [-0.05, 0) is 31.9 Å². The van der Waals surface area contributed by atoms with Crippen molar-refractivity contribution >= 4 is 24.2 Å². The van der Waals surface area contributed by atoms with Crippen molar-refractivity contribution in [2.45, 2.75) is 25.8 Å². The minimum atomic E-state index is -0.154. The van der Waals surface area contributed by atoms with E-state index < -0.39 is 0 Å². The fourth-order valence-electron chi connectivity index (χ4n) is 2.82. The molecule has 2 amide bonds. The third-order valence-electron chi connectivity index (χ3n) is 4.58. The number of hydrogen-bond acceptors (Lipinski definition) is 4. The largest absolute Gasteiger partial charge is 0.484 e. The summed E-state index contributed by atoms with van der Waals surface area (Å²) in [5, 5.41) is 0. The van der Waals surface area contributed by atoms with Crippen LogP contribution in [0.3, 0.4) is 0 Å². The molecule has 25 heavy (non-hydrogen) atoms. The Labute approximate surface area is 155 Å². The van der Waals surface area contributed by atoms with Crippen LogP contribution in [0.5, 0.6) is 5.75 Å². The zero-order valence-corrected chi connectivity index (χ0v) is 15.7. The van der Waals surface area contributed by atoms with Gasteiger partial charge in [-0.3, -0.25) is 9.59 Å². The summed E-state index contributed by atoms with van der Waals surface area (Å²) in [5.74, 6) is 0.505. The molecule has 6 nitrogen and oxygen atoms in total. The maximum absolute atomic E-state index is 12.5. The molecule has 1 heterocycles. The molecule has 1 fully saturated rings. The molecule has 1 aliphatic rings. The van der Waals surface area contributed by atoms with Crippen molar-refractivity contribution in [1.29, 1.82) is 0 Å². The van der Waals surface area contributed by atoms with Crippen LogP contribution in [0.15, 0.2) is 30.3 Å². The van der Waals surface area contributed by atoms with Gasteiger partial charge in [0.1, 0.15) is 5.75 Å². The molecule has 0 radical (unpaired) electrons. The number of amides is 2. The number of rotatable bonds is 6. The maximum Gasteiger partial charge on any atom is 0.260 e. The van der Waals surface area contributed by atoms with Crippen molar-refractivity contribution in [3.63, 3.8) is 0 Å². The molecular weight excluding hydrogens is 342 g/mol. The number of benzene rings is 1. The average Bonchev–Trinajstić information content (AvgIpc) is 2.65. The van der Waals surface area contributed by atoms with Gasteiger partial charge >= 0.3 is 0 Å². The lowest BCUT2D eigenvalue weighted by atomic mass is 9.96. The van der Waals surface area contributed by atoms with E-state index in [1.54, 1.807) is 16.8 Å². The first-order valence-electron chi connectivity index (χ1n) is 8.45. The van der Waals surface area contributed by atoms with Crippen molar-refractivity contribution < 1.29 is 14.3 Å². The second-order valence-electron chi connectivity index (χ2n) is 6.31. The van der Waals surface area contributed by atoms with Crippen molar-refractivity contribution in [3.05, 3.63) is 30.3 Å². The summed E-state index contributed by atoms with van der Waals surface area (Å²) in [5.41, 5.74) is 5.64. The van der Waals surface area contributed by atoms with E-state index >= 15 is 0 Å². The van der Waals surface area contributed by atoms with Gasteiger partial charge in [-0.15, -0.1) is 12.4 Å². The van der Waals surface area contributed by atoms with Crippen LogP contribution in [-0.4, -0.2) is 60.9 Å². The SMILES string of the molecule is CC(CN)N(C)C(=O)C1CCCN(C(=O)COc2ccccc2)C1.Cl. The molecule has 2 rings (SSSR count). The predicted molar refractivity (Wildman–Crippen MR) is 99.8 cm³/mol. The number of likely N-dealkylation sites (N-methyl/N-ethyl adjacent to an activating group) is 1. The van der Waals surface area contributed by atoms with E-state index in [1.165, 1.54) is 0 Å². The molecule has 0 spiro atoms. The van der Waals surface area contributed by atoms with Crippen LogP contribution < -0.4 is 10.5 Å². The summed E-state index contributed by atoms with van der Waals surface area (Å²) in [6.45, 7) is 3.49. The number of ether oxygens (including phenoxy) is 1. The number of para-hydroxylation sites is 1. The van der Waals surface area contributed by atoms with E-state index in [2.05, 4.69) is 0 Å². The molecule has 1 aromatic rings. The fourth-order valence-corrected chi connectivity index (χ4v) is 2.82. The van der Waals surface area contributed by atoms with Gasteiger partial charge in [0.15, 0.2) is 6.61 Å². The summed E-state index contributed by atoms with van der Waals surface area (Å²) in [6, 6.07) is 9.27. The average molecular weight is 370 g/mol. The Bertz CT molecular complexity index is 556. The zero-order valence-electron chi connectivity index (χ0n) is 14.9. The molecule has 1 aliphatic heterocycles. The van der Waals surface area contributed by atoms with E-state index in [-0.39, 0.29) is 42.8 Å². The standard InChI is InChI=1S/C18H27N3O3.ClH/c1-14(11-19)20(2)18(23)15-7-6-10-21(12-15)17(22)13-24-16-8-4-3-5-9-16;/h3-5,8-9,14-15H,6-7,10-13,19H2,1-2H3;1H. The van der Waals surface area contributed by atoms with E-state index in [1.807, 2.05) is 37.3 Å². The quantitative estimate of drug-likeness (QED) is 0.825. The van der Waals surface area contributed by atoms with Gasteiger partial charge < -0.3 is 20.3 Å². The first-order valence-corrected chi connectivity index (χ1v) is 8.45. The van der Waals surface area contributed by atoms with Crippen molar-refractivity contribution in [2.75, 3.05) is 33.3 Å². The number of carbonyl (C=O) groups is 2. The van der Waals surface area contributed by atoms with E-state index in [4.69, 9.17) is 10.5 Å². The molecule has 0 saturated carbocycles. The number of hydrogen-bond donors (Lipinski definition) is 1. The van der Waals surface area contributed by atoms with Crippen LogP contribution in [0, 0.1) is 5.92 Å². The van der Waals surface area contributed by atoms with Crippen LogP contribution in [0.4, 0.5) is 0 Å². The van der Waals surface area contributed by atoms with E-state index in [9.17, 15) is 9.59 Å². The molecular formula is C18H28ClN3O3. The Morgan fingerprint density at radius 2 is 2.04 bits per heavy atom. The minimum absolute atomic E-state index is 0. The highest BCUT2D eigenvalue weighted by Gasteiger charge is 2.31. The maximum atomic E-state index is 12.5. The monoisotopic (exact) mass is 369 g/mol. The van der Waals surface area contributed by atoms with Crippen LogP contribution in [0.2, 0.25) is 0 Å². The van der Waals surface area contributed by atoms with Gasteiger partial charge in [-0.2, -0.15) is 0 Å². The Morgan fingerprint density at radius 1 is 1.36 bits per heavy atom. The third kappa shape index (κ3) is 5.90. The summed E-state index contributed by atoms with van der Waals surface area (Å²) < 4.78 is 5.52. The molecule has 1 saturated heterocycles. The van der Waals surface area contributed by atoms with E-state index in [0.29, 0.717) is 25.4 Å². The molecule has 0 aliphatic carbocycles. The lowest BCUT2D eigenvalue weighted by molar-refractivity contribution is -0.142. The molecule has 7 heteroatoms. The second kappa shape index (κ2) is 10.3. The molecule has 140 valence electrons. The number of carbonyl (C=O) groups excluding carboxylic acids is 2. The lowest BCUT2D eigenvalue weighted by Gasteiger charge is -2.35. The topological polar surface area (TPSA) is 75.9 Å². The van der Waals surface area contributed by atoms with Crippen molar-refractivity contribution in [2.24, 2.45) is 11.7 Å². The second-order valence-corrected chi connectivity index (χ2v) is 6.31. The Kier molecular flexibility index (Phi) is 8.72. The number of likely N-dealkylation sites (tertiary alicyclic amines) is 1. The van der Waals surface area contributed by atoms with Crippen LogP contribution in [-0.2, 0) is 9.59 Å². The highest BCUT2D eigenvalue weighted by Crippen LogP contribution is 2.20. The van der Waals surface area contributed by atoms with Crippen molar-refractivity contribution in [1.82, 2.24) is 9.80 Å². The molecule has 0 aromatic heterocycles. The zero-order chi connectivity index (χ0) is 17.5. The number of nitrogens with two attached hydrogens (primary N) is 1. The molecule has 2 atom stereocenters. The summed E-state index contributed by atoms with van der Waals surface area (Å²) in [4.78, 5) is 28.3. The number of nitrogens with zero attached hydrogens (tertiary/aromatic N) is 2. The minimum Gasteiger partial charge on any atom is -0.484 e. The van der Waals surface area contributed by atoms with E-state index in [0.717, 1.165) is 12.8 Å². The van der Waals surface area contributed by atoms with Gasteiger partial charge in [0.2, 0.25) is 5.91 Å². The fraction of sp³-hybridized carbons (Fsp3) is 0.556. The number of piperidine rings is 1. The highest BCUT2D eigenvalue weighted by atomic mass is 35.5. The van der Waals surface area contributed by atoms with Gasteiger partial charge in [0.25, 0.3) is 5.91 Å². The smallest absolute Gasteiger partial charge is 0.260 e. The van der Waals surface area contributed by atoms with Crippen LogP contribution in [0.1, 0.15) is 19.8 Å². The molecule has 2 N–H and O–H groups in total. The summed E-state index contributed by atoms with van der Waals surface area (Å²) >= 11 is 0. The molecule has 1 aromatic carbocycles. The van der Waals surface area contributed by atoms with Gasteiger partial charge in [-0.25, -0.2) is 0 Å². The molecule has 0 bridgehead atoms. The first kappa shape index (κ1) is 21.3. The lowest BCUT2D eigenvalue weighted by Crippen LogP contribution is -2.49. The predicted octanol–water partition coefficient (Wildman–Crippen LogP) is 1.53. The first-order chi connectivity index (χ1) is 11.5. The normalized spacial score (nSPS) is 18.0. The third-order valence-corrected chi connectivity index (χ3v) is 4.58. The molecule has 2 unspecified atom stereocenters. The summed E-state index contributed by atoms with van der Waals surface area (Å²) in [6.07, 6.45) is 1.64. The Balaban J connectivity index is 0.00000312. The summed E-state index contributed by atoms with van der Waals surface area (Å²) in [7, 11) is 1.78. The van der Waals surface area contributed by atoms with Crippen LogP contribution in [0.25, 0.3) is 0 Å². The Morgan fingerprint density at radius 3 is 2.68 bits per heavy atom.